The van der Waals surface area contributed by atoms with Crippen molar-refractivity contribution in [3.05, 3.63) is 41.4 Å². The fourth-order valence-electron chi connectivity index (χ4n) is 2.16. The first-order valence-corrected chi connectivity index (χ1v) is 9.20. The van der Waals surface area contributed by atoms with Crippen LogP contribution in [-0.4, -0.2) is 30.8 Å². The molecule has 2 rings (SSSR count). The number of hydrogen-bond donors (Lipinski definition) is 1. The maximum Gasteiger partial charge on any atom is 0.316 e. The fraction of sp³-hybridized carbons (Fsp3) is 0.333. The quantitative estimate of drug-likeness (QED) is 0.435. The van der Waals surface area contributed by atoms with Gasteiger partial charge in [-0.05, 0) is 23.9 Å². The zero-order valence-electron chi connectivity index (χ0n) is 13.5. The Morgan fingerprint density at radius 3 is 2.71 bits per heavy atom. The molecule has 4 nitrogen and oxygen atoms in total. The summed E-state index contributed by atoms with van der Waals surface area (Å²) in [6, 6.07) is 11.5. The van der Waals surface area contributed by atoms with Crippen LogP contribution in [0.5, 0.6) is 0 Å². The van der Waals surface area contributed by atoms with E-state index in [-0.39, 0.29) is 18.3 Å². The molecule has 0 aromatic heterocycles. The molecule has 2 aromatic carbocycles. The number of hydrogen-bond acceptors (Lipinski definition) is 4. The normalized spacial score (nSPS) is 10.6. The zero-order chi connectivity index (χ0) is 17.4. The second-order valence-corrected chi connectivity index (χ2v) is 6.67. The summed E-state index contributed by atoms with van der Waals surface area (Å²) in [5, 5.41) is 5.31. The minimum absolute atomic E-state index is 0.132. The topological polar surface area (TPSA) is 55.4 Å². The van der Waals surface area contributed by atoms with E-state index in [0.717, 1.165) is 28.5 Å². The average Bonchev–Trinajstić information content (AvgIpc) is 2.58. The van der Waals surface area contributed by atoms with Crippen LogP contribution in [0.1, 0.15) is 19.8 Å². The molecule has 0 bridgehead atoms. The Labute approximate surface area is 150 Å². The maximum atomic E-state index is 11.8. The van der Waals surface area contributed by atoms with Gasteiger partial charge < -0.3 is 10.1 Å². The Hall–Kier alpha value is -1.72. The molecule has 0 fully saturated rings. The summed E-state index contributed by atoms with van der Waals surface area (Å²) in [5.74, 6) is -0.559. The van der Waals surface area contributed by atoms with Crippen LogP contribution in [0, 0.1) is 0 Å². The molecule has 0 aliphatic heterocycles. The minimum atomic E-state index is -0.422. The number of fused-ring (bicyclic) bond motifs is 1. The Morgan fingerprint density at radius 2 is 1.96 bits per heavy atom. The molecule has 0 radical (unpaired) electrons. The minimum Gasteiger partial charge on any atom is -0.455 e. The van der Waals surface area contributed by atoms with Crippen LogP contribution in [-0.2, 0) is 14.3 Å². The predicted molar refractivity (Wildman–Crippen MR) is 98.6 cm³/mol. The Kier molecular flexibility index (Phi) is 7.40. The molecule has 0 aliphatic carbocycles. The van der Waals surface area contributed by atoms with Gasteiger partial charge in [-0.2, -0.15) is 0 Å². The van der Waals surface area contributed by atoms with E-state index in [9.17, 15) is 9.59 Å². The van der Waals surface area contributed by atoms with Crippen molar-refractivity contribution >= 4 is 46.0 Å². The highest BCUT2D eigenvalue weighted by atomic mass is 35.5. The van der Waals surface area contributed by atoms with Crippen LogP contribution in [0.2, 0.25) is 5.02 Å². The van der Waals surface area contributed by atoms with Gasteiger partial charge in [-0.25, -0.2) is 0 Å². The van der Waals surface area contributed by atoms with E-state index in [4.69, 9.17) is 16.3 Å². The van der Waals surface area contributed by atoms with Crippen LogP contribution in [0.4, 0.5) is 0 Å². The molecule has 128 valence electrons. The lowest BCUT2D eigenvalue weighted by atomic mass is 10.1. The Bertz CT molecular complexity index is 715. The number of unbranched alkanes of at least 4 members (excludes halogenated alkanes) is 1. The maximum absolute atomic E-state index is 11.8. The van der Waals surface area contributed by atoms with Crippen molar-refractivity contribution in [3.8, 4) is 0 Å². The monoisotopic (exact) mass is 365 g/mol. The van der Waals surface area contributed by atoms with Gasteiger partial charge >= 0.3 is 5.97 Å². The summed E-state index contributed by atoms with van der Waals surface area (Å²) in [6.45, 7) is 2.42. The highest BCUT2D eigenvalue weighted by Gasteiger charge is 2.10. The smallest absolute Gasteiger partial charge is 0.316 e. The second kappa shape index (κ2) is 9.55. The molecule has 24 heavy (non-hydrogen) atoms. The van der Waals surface area contributed by atoms with Crippen LogP contribution in [0.25, 0.3) is 10.8 Å². The predicted octanol–water partition coefficient (Wildman–Crippen LogP) is 4.04. The molecule has 0 unspecified atom stereocenters. The Balaban J connectivity index is 1.85. The number of halogens is 1. The van der Waals surface area contributed by atoms with E-state index in [1.807, 2.05) is 43.3 Å². The Morgan fingerprint density at radius 1 is 1.21 bits per heavy atom. The van der Waals surface area contributed by atoms with Crippen LogP contribution in [0.15, 0.2) is 41.3 Å². The highest BCUT2D eigenvalue weighted by molar-refractivity contribution is 8.00. The van der Waals surface area contributed by atoms with Crippen molar-refractivity contribution in [3.63, 3.8) is 0 Å². The third-order valence-electron chi connectivity index (χ3n) is 3.38. The summed E-state index contributed by atoms with van der Waals surface area (Å²) in [5.41, 5.74) is 0. The molecule has 0 atom stereocenters. The van der Waals surface area contributed by atoms with Gasteiger partial charge in [0.1, 0.15) is 0 Å². The van der Waals surface area contributed by atoms with Crippen molar-refractivity contribution in [1.29, 1.82) is 0 Å². The molecule has 0 aliphatic rings. The molecule has 6 heteroatoms. The van der Waals surface area contributed by atoms with Crippen molar-refractivity contribution in [2.45, 2.75) is 24.7 Å². The summed E-state index contributed by atoms with van der Waals surface area (Å²) in [6.07, 6.45) is 1.92. The highest BCUT2D eigenvalue weighted by Crippen LogP contribution is 2.33. The van der Waals surface area contributed by atoms with Gasteiger partial charge in [0.05, 0.1) is 5.75 Å². The van der Waals surface area contributed by atoms with Gasteiger partial charge in [0.15, 0.2) is 6.61 Å². The third kappa shape index (κ3) is 5.42. The first-order valence-electron chi connectivity index (χ1n) is 7.84. The number of ether oxygens (including phenoxy) is 1. The van der Waals surface area contributed by atoms with Crippen molar-refractivity contribution < 1.29 is 14.3 Å². The molecule has 1 N–H and O–H groups in total. The molecule has 0 saturated heterocycles. The first-order chi connectivity index (χ1) is 11.6. The van der Waals surface area contributed by atoms with Gasteiger partial charge in [0.25, 0.3) is 5.91 Å². The molecule has 1 amide bonds. The number of thioether (sulfide) groups is 1. The largest absolute Gasteiger partial charge is 0.455 e. The van der Waals surface area contributed by atoms with Gasteiger partial charge in [-0.15, -0.1) is 11.8 Å². The first kappa shape index (κ1) is 18.6. The fourth-order valence-corrected chi connectivity index (χ4v) is 3.41. The van der Waals surface area contributed by atoms with Crippen LogP contribution < -0.4 is 5.32 Å². The SMILES string of the molecule is CCCCNC(=O)COC(=O)CSc1cccc2cccc(Cl)c12. The molecule has 0 heterocycles. The van der Waals surface area contributed by atoms with E-state index in [1.54, 1.807) is 0 Å². The lowest BCUT2D eigenvalue weighted by Crippen LogP contribution is -2.29. The number of carbonyl (C=O) groups excluding carboxylic acids is 2. The molecule has 0 spiro atoms. The lowest BCUT2D eigenvalue weighted by Gasteiger charge is -2.08. The van der Waals surface area contributed by atoms with E-state index in [0.29, 0.717) is 11.6 Å². The zero-order valence-corrected chi connectivity index (χ0v) is 15.1. The molecular formula is C18H20ClNO3S. The third-order valence-corrected chi connectivity index (χ3v) is 4.72. The van der Waals surface area contributed by atoms with Crippen molar-refractivity contribution in [1.82, 2.24) is 5.32 Å². The molecule has 0 saturated carbocycles. The number of amides is 1. The van der Waals surface area contributed by atoms with Crippen LogP contribution >= 0.6 is 23.4 Å². The standard InChI is InChI=1S/C18H20ClNO3S/c1-2-3-10-20-16(21)11-23-17(22)12-24-15-9-5-7-13-6-4-8-14(19)18(13)15/h4-9H,2-3,10-12H2,1H3,(H,20,21). The lowest BCUT2D eigenvalue weighted by molar-refractivity contribution is -0.145. The molecule has 2 aromatic rings. The summed E-state index contributed by atoms with van der Waals surface area (Å²) in [7, 11) is 0. The van der Waals surface area contributed by atoms with E-state index in [1.165, 1.54) is 11.8 Å². The van der Waals surface area contributed by atoms with Gasteiger partial charge in [0.2, 0.25) is 0 Å². The second-order valence-electron chi connectivity index (χ2n) is 5.25. The number of carbonyl (C=O) groups is 2. The summed E-state index contributed by atoms with van der Waals surface area (Å²) in [4.78, 5) is 24.2. The van der Waals surface area contributed by atoms with Crippen molar-refractivity contribution in [2.24, 2.45) is 0 Å². The summed E-state index contributed by atoms with van der Waals surface area (Å²) < 4.78 is 4.99. The van der Waals surface area contributed by atoms with E-state index < -0.39 is 5.97 Å². The number of nitrogens with one attached hydrogen (secondary N) is 1. The number of esters is 1. The molecular weight excluding hydrogens is 346 g/mol. The van der Waals surface area contributed by atoms with Crippen molar-refractivity contribution in [2.75, 3.05) is 18.9 Å². The van der Waals surface area contributed by atoms with E-state index in [2.05, 4.69) is 5.32 Å². The van der Waals surface area contributed by atoms with Gasteiger partial charge in [-0.3, -0.25) is 9.59 Å². The number of rotatable bonds is 8. The summed E-state index contributed by atoms with van der Waals surface area (Å²) >= 11 is 7.61. The van der Waals surface area contributed by atoms with Gasteiger partial charge in [-0.1, -0.05) is 49.2 Å². The van der Waals surface area contributed by atoms with Gasteiger partial charge in [0, 0.05) is 21.8 Å². The van der Waals surface area contributed by atoms with E-state index >= 15 is 0 Å². The number of benzene rings is 2. The van der Waals surface area contributed by atoms with Crippen LogP contribution in [0.3, 0.4) is 0 Å². The average molecular weight is 366 g/mol.